The first-order valence-electron chi connectivity index (χ1n) is 7.89. The molecule has 0 aliphatic rings. The Labute approximate surface area is 124 Å². The lowest BCUT2D eigenvalue weighted by Crippen LogP contribution is -2.30. The molecule has 0 aliphatic heterocycles. The van der Waals surface area contributed by atoms with Crippen molar-refractivity contribution >= 4 is 0 Å². The van der Waals surface area contributed by atoms with Crippen LogP contribution in [0.4, 0.5) is 0 Å². The van der Waals surface area contributed by atoms with Crippen molar-refractivity contribution in [3.05, 3.63) is 35.4 Å². The number of rotatable bonds is 7. The van der Waals surface area contributed by atoms with Crippen molar-refractivity contribution < 1.29 is 5.11 Å². The van der Waals surface area contributed by atoms with Crippen LogP contribution in [0.3, 0.4) is 0 Å². The molecule has 114 valence electrons. The molecule has 1 aromatic carbocycles. The Hall–Kier alpha value is -0.860. The highest BCUT2D eigenvalue weighted by molar-refractivity contribution is 5.28. The van der Waals surface area contributed by atoms with Gasteiger partial charge in [0.1, 0.15) is 0 Å². The summed E-state index contributed by atoms with van der Waals surface area (Å²) in [6.07, 6.45) is 1.88. The van der Waals surface area contributed by atoms with Gasteiger partial charge in [-0.2, -0.15) is 0 Å². The molecule has 0 aromatic heterocycles. The second-order valence-corrected chi connectivity index (χ2v) is 6.69. The van der Waals surface area contributed by atoms with Gasteiger partial charge >= 0.3 is 0 Å². The van der Waals surface area contributed by atoms with Gasteiger partial charge in [-0.05, 0) is 42.5 Å². The maximum absolute atomic E-state index is 10.4. The van der Waals surface area contributed by atoms with E-state index in [9.17, 15) is 5.11 Å². The molecule has 1 aromatic rings. The number of nitrogens with zero attached hydrogens (tertiary/aromatic N) is 1. The molecule has 0 bridgehead atoms. The summed E-state index contributed by atoms with van der Waals surface area (Å²) in [4.78, 5) is 2.35. The van der Waals surface area contributed by atoms with Gasteiger partial charge in [-0.3, -0.25) is 0 Å². The average Bonchev–Trinajstić information content (AvgIpc) is 2.38. The molecular weight excluding hydrogens is 246 g/mol. The van der Waals surface area contributed by atoms with Crippen LogP contribution in [-0.2, 0) is 5.41 Å². The smallest absolute Gasteiger partial charge is 0.0916 e. The van der Waals surface area contributed by atoms with Crippen molar-refractivity contribution in [2.45, 2.75) is 59.0 Å². The molecule has 0 saturated heterocycles. The fourth-order valence-corrected chi connectivity index (χ4v) is 2.48. The molecule has 2 nitrogen and oxygen atoms in total. The van der Waals surface area contributed by atoms with Crippen LogP contribution in [0.5, 0.6) is 0 Å². The van der Waals surface area contributed by atoms with Crippen LogP contribution >= 0.6 is 0 Å². The summed E-state index contributed by atoms with van der Waals surface area (Å²) >= 11 is 0. The van der Waals surface area contributed by atoms with Gasteiger partial charge in [0.05, 0.1) is 6.10 Å². The van der Waals surface area contributed by atoms with Gasteiger partial charge in [0.15, 0.2) is 0 Å². The Morgan fingerprint density at radius 1 is 1.00 bits per heavy atom. The van der Waals surface area contributed by atoms with E-state index in [1.54, 1.807) is 0 Å². The first-order valence-corrected chi connectivity index (χ1v) is 7.89. The van der Waals surface area contributed by atoms with E-state index in [0.717, 1.165) is 38.0 Å². The lowest BCUT2D eigenvalue weighted by atomic mass is 9.86. The van der Waals surface area contributed by atoms with Crippen molar-refractivity contribution in [3.63, 3.8) is 0 Å². The SMILES string of the molecule is CCCN(CCC)CC(O)c1ccc(C(C)(C)C)cc1. The molecule has 1 rings (SSSR count). The summed E-state index contributed by atoms with van der Waals surface area (Å²) in [5.41, 5.74) is 2.50. The van der Waals surface area contributed by atoms with Crippen LogP contribution in [-0.4, -0.2) is 29.6 Å². The molecule has 2 heteroatoms. The minimum atomic E-state index is -0.387. The fourth-order valence-electron chi connectivity index (χ4n) is 2.48. The van der Waals surface area contributed by atoms with Crippen molar-refractivity contribution in [1.29, 1.82) is 0 Å². The maximum Gasteiger partial charge on any atom is 0.0916 e. The molecule has 0 fully saturated rings. The lowest BCUT2D eigenvalue weighted by molar-refractivity contribution is 0.113. The number of aliphatic hydroxyl groups excluding tert-OH is 1. The molecule has 0 radical (unpaired) electrons. The zero-order valence-corrected chi connectivity index (χ0v) is 13.8. The van der Waals surface area contributed by atoms with E-state index in [2.05, 4.69) is 63.8 Å². The summed E-state index contributed by atoms with van der Waals surface area (Å²) in [7, 11) is 0. The van der Waals surface area contributed by atoms with E-state index in [1.165, 1.54) is 5.56 Å². The number of hydrogen-bond donors (Lipinski definition) is 1. The third kappa shape index (κ3) is 5.26. The highest BCUT2D eigenvalue weighted by atomic mass is 16.3. The molecule has 0 saturated carbocycles. The van der Waals surface area contributed by atoms with Crippen LogP contribution in [0, 0.1) is 0 Å². The first kappa shape index (κ1) is 17.2. The zero-order chi connectivity index (χ0) is 15.2. The summed E-state index contributed by atoms with van der Waals surface area (Å²) in [5.74, 6) is 0. The number of benzene rings is 1. The molecule has 1 N–H and O–H groups in total. The van der Waals surface area contributed by atoms with Gasteiger partial charge in [0, 0.05) is 6.54 Å². The van der Waals surface area contributed by atoms with Gasteiger partial charge < -0.3 is 10.0 Å². The van der Waals surface area contributed by atoms with E-state index in [1.807, 2.05) is 0 Å². The highest BCUT2D eigenvalue weighted by Gasteiger charge is 2.16. The minimum Gasteiger partial charge on any atom is -0.387 e. The Bertz CT molecular complexity index is 371. The summed E-state index contributed by atoms with van der Waals surface area (Å²) in [5, 5.41) is 10.4. The summed E-state index contributed by atoms with van der Waals surface area (Å²) in [6.45, 7) is 13.9. The third-order valence-corrected chi connectivity index (χ3v) is 3.67. The molecule has 20 heavy (non-hydrogen) atoms. The molecule has 1 unspecified atom stereocenters. The largest absolute Gasteiger partial charge is 0.387 e. The van der Waals surface area contributed by atoms with Gasteiger partial charge in [-0.15, -0.1) is 0 Å². The summed E-state index contributed by atoms with van der Waals surface area (Å²) < 4.78 is 0. The van der Waals surface area contributed by atoms with E-state index < -0.39 is 0 Å². The van der Waals surface area contributed by atoms with Gasteiger partial charge in [0.2, 0.25) is 0 Å². The monoisotopic (exact) mass is 277 g/mol. The summed E-state index contributed by atoms with van der Waals surface area (Å²) in [6, 6.07) is 8.42. The third-order valence-electron chi connectivity index (χ3n) is 3.67. The van der Waals surface area contributed by atoms with Crippen molar-refractivity contribution in [1.82, 2.24) is 4.90 Å². The van der Waals surface area contributed by atoms with Crippen LogP contribution < -0.4 is 0 Å². The van der Waals surface area contributed by atoms with Gasteiger partial charge in [0.25, 0.3) is 0 Å². The van der Waals surface area contributed by atoms with E-state index in [4.69, 9.17) is 0 Å². The number of hydrogen-bond acceptors (Lipinski definition) is 2. The topological polar surface area (TPSA) is 23.5 Å². The Balaban J connectivity index is 2.69. The predicted molar refractivity (Wildman–Crippen MR) is 87.1 cm³/mol. The number of aliphatic hydroxyl groups is 1. The van der Waals surface area contributed by atoms with Crippen LogP contribution in [0.1, 0.15) is 64.7 Å². The van der Waals surface area contributed by atoms with Crippen LogP contribution in [0.15, 0.2) is 24.3 Å². The molecule has 0 amide bonds. The molecule has 0 spiro atoms. The minimum absolute atomic E-state index is 0.167. The van der Waals surface area contributed by atoms with Crippen molar-refractivity contribution in [2.24, 2.45) is 0 Å². The predicted octanol–water partition coefficient (Wildman–Crippen LogP) is 4.14. The standard InChI is InChI=1S/C18H31NO/c1-6-12-19(13-7-2)14-17(20)15-8-10-16(11-9-15)18(3,4)5/h8-11,17,20H,6-7,12-14H2,1-5H3. The van der Waals surface area contributed by atoms with E-state index >= 15 is 0 Å². The van der Waals surface area contributed by atoms with Crippen molar-refractivity contribution in [2.75, 3.05) is 19.6 Å². The van der Waals surface area contributed by atoms with Crippen LogP contribution in [0.25, 0.3) is 0 Å². The Morgan fingerprint density at radius 2 is 1.50 bits per heavy atom. The molecule has 0 heterocycles. The van der Waals surface area contributed by atoms with Crippen molar-refractivity contribution in [3.8, 4) is 0 Å². The van der Waals surface area contributed by atoms with Crippen LogP contribution in [0.2, 0.25) is 0 Å². The fraction of sp³-hybridized carbons (Fsp3) is 0.667. The second-order valence-electron chi connectivity index (χ2n) is 6.69. The quantitative estimate of drug-likeness (QED) is 0.809. The normalized spacial score (nSPS) is 13.8. The van der Waals surface area contributed by atoms with E-state index in [0.29, 0.717) is 0 Å². The molecular formula is C18H31NO. The van der Waals surface area contributed by atoms with E-state index in [-0.39, 0.29) is 11.5 Å². The Kier molecular flexibility index (Phi) is 6.70. The molecule has 0 aliphatic carbocycles. The maximum atomic E-state index is 10.4. The zero-order valence-electron chi connectivity index (χ0n) is 13.8. The lowest BCUT2D eigenvalue weighted by Gasteiger charge is -2.25. The molecule has 1 atom stereocenters. The highest BCUT2D eigenvalue weighted by Crippen LogP contribution is 2.24. The average molecular weight is 277 g/mol. The first-order chi connectivity index (χ1) is 9.38. The Morgan fingerprint density at radius 3 is 1.90 bits per heavy atom. The van der Waals surface area contributed by atoms with Gasteiger partial charge in [-0.1, -0.05) is 58.9 Å². The van der Waals surface area contributed by atoms with Gasteiger partial charge in [-0.25, -0.2) is 0 Å². The second kappa shape index (κ2) is 7.80.